The van der Waals surface area contributed by atoms with Crippen LogP contribution in [0, 0.1) is 17.8 Å². The number of nitrogens with one attached hydrogen (secondary N) is 1. The van der Waals surface area contributed by atoms with Gasteiger partial charge >= 0.3 is 0 Å². The van der Waals surface area contributed by atoms with Gasteiger partial charge in [0, 0.05) is 16.6 Å². The zero-order valence-corrected chi connectivity index (χ0v) is 15.4. The van der Waals surface area contributed by atoms with Crippen molar-refractivity contribution < 1.29 is 4.79 Å². The summed E-state index contributed by atoms with van der Waals surface area (Å²) in [5, 5.41) is 10.9. The molecule has 1 heterocycles. The van der Waals surface area contributed by atoms with Gasteiger partial charge in [0.15, 0.2) is 4.34 Å². The summed E-state index contributed by atoms with van der Waals surface area (Å²) in [6.45, 7) is 0. The van der Waals surface area contributed by atoms with Crippen LogP contribution in [0.3, 0.4) is 0 Å². The van der Waals surface area contributed by atoms with Gasteiger partial charge in [0.25, 0.3) is 0 Å². The Kier molecular flexibility index (Phi) is 5.44. The third kappa shape index (κ3) is 3.44. The number of carbonyl (C=O) groups is 1. The van der Waals surface area contributed by atoms with E-state index < -0.39 is 0 Å². The van der Waals surface area contributed by atoms with Crippen LogP contribution in [0.2, 0.25) is 0 Å². The molecule has 5 nitrogen and oxygen atoms in total. The lowest BCUT2D eigenvalue weighted by Gasteiger charge is -2.27. The van der Waals surface area contributed by atoms with E-state index in [2.05, 4.69) is 15.5 Å². The number of nitrogens with zero attached hydrogens (tertiary/aromatic N) is 2. The van der Waals surface area contributed by atoms with Gasteiger partial charge in [-0.05, 0) is 55.4 Å². The second-order valence-corrected chi connectivity index (χ2v) is 8.41. The minimum absolute atomic E-state index is 0. The van der Waals surface area contributed by atoms with E-state index in [0.29, 0.717) is 11.8 Å². The van der Waals surface area contributed by atoms with Crippen molar-refractivity contribution in [2.24, 2.45) is 23.5 Å². The van der Waals surface area contributed by atoms with Crippen molar-refractivity contribution in [2.45, 2.75) is 34.5 Å². The maximum absolute atomic E-state index is 12.5. The van der Waals surface area contributed by atoms with Gasteiger partial charge in [-0.1, -0.05) is 23.1 Å². The average molecular weight is 383 g/mol. The highest BCUT2D eigenvalue weighted by molar-refractivity contribution is 8.01. The molecule has 1 amide bonds. The van der Waals surface area contributed by atoms with E-state index >= 15 is 0 Å². The van der Waals surface area contributed by atoms with E-state index in [1.807, 2.05) is 24.3 Å². The molecule has 0 saturated heterocycles. The molecule has 1 aromatic heterocycles. The fourth-order valence-electron chi connectivity index (χ4n) is 3.86. The van der Waals surface area contributed by atoms with Crippen molar-refractivity contribution in [3.8, 4) is 0 Å². The summed E-state index contributed by atoms with van der Waals surface area (Å²) in [6.07, 6.45) is 3.46. The smallest absolute Gasteiger partial charge is 0.229 e. The zero-order chi connectivity index (χ0) is 15.8. The highest BCUT2D eigenvalue weighted by Gasteiger charge is 2.49. The Morgan fingerprint density at radius 2 is 2.00 bits per heavy atom. The number of benzene rings is 1. The SMILES string of the molecule is Cl.NC1C2CCC(C2)C1C(=O)Nc1ccc(Sc2nncs2)cc1. The lowest BCUT2D eigenvalue weighted by molar-refractivity contribution is -0.121. The first kappa shape index (κ1) is 17.7. The average Bonchev–Trinajstić information content (AvgIpc) is 3.26. The number of carbonyl (C=O) groups excluding carboxylic acids is 1. The molecule has 4 unspecified atom stereocenters. The summed E-state index contributed by atoms with van der Waals surface area (Å²) in [4.78, 5) is 13.6. The fraction of sp³-hybridized carbons (Fsp3) is 0.438. The number of rotatable bonds is 4. The van der Waals surface area contributed by atoms with Gasteiger partial charge in [-0.15, -0.1) is 22.6 Å². The van der Waals surface area contributed by atoms with Crippen LogP contribution in [0.1, 0.15) is 19.3 Å². The number of hydrogen-bond donors (Lipinski definition) is 2. The molecule has 2 fully saturated rings. The maximum Gasteiger partial charge on any atom is 0.229 e. The Morgan fingerprint density at radius 1 is 1.25 bits per heavy atom. The Morgan fingerprint density at radius 3 is 2.62 bits per heavy atom. The van der Waals surface area contributed by atoms with E-state index in [-0.39, 0.29) is 30.3 Å². The first-order chi connectivity index (χ1) is 11.2. The molecule has 0 aliphatic heterocycles. The highest BCUT2D eigenvalue weighted by atomic mass is 35.5. The van der Waals surface area contributed by atoms with Crippen molar-refractivity contribution in [2.75, 3.05) is 5.32 Å². The van der Waals surface area contributed by atoms with Crippen molar-refractivity contribution in [1.29, 1.82) is 0 Å². The first-order valence-electron chi connectivity index (χ1n) is 7.81. The van der Waals surface area contributed by atoms with Crippen LogP contribution < -0.4 is 11.1 Å². The lowest BCUT2D eigenvalue weighted by Crippen LogP contribution is -2.42. The Hall–Kier alpha value is -1.15. The number of aromatic nitrogens is 2. The molecule has 2 saturated carbocycles. The molecule has 0 radical (unpaired) electrons. The monoisotopic (exact) mass is 382 g/mol. The summed E-state index contributed by atoms with van der Waals surface area (Å²) in [5.74, 6) is 1.07. The zero-order valence-electron chi connectivity index (χ0n) is 12.9. The fourth-order valence-corrected chi connectivity index (χ4v) is 5.32. The summed E-state index contributed by atoms with van der Waals surface area (Å²) in [7, 11) is 0. The third-order valence-corrected chi connectivity index (χ3v) is 6.74. The van der Waals surface area contributed by atoms with E-state index in [0.717, 1.165) is 27.8 Å². The van der Waals surface area contributed by atoms with Crippen LogP contribution in [0.4, 0.5) is 5.69 Å². The van der Waals surface area contributed by atoms with Crippen LogP contribution in [0.25, 0.3) is 0 Å². The number of hydrogen-bond acceptors (Lipinski definition) is 6. The van der Waals surface area contributed by atoms with Crippen LogP contribution >= 0.6 is 35.5 Å². The normalized spacial score (nSPS) is 27.7. The number of fused-ring (bicyclic) bond motifs is 2. The highest BCUT2D eigenvalue weighted by Crippen LogP contribution is 2.47. The predicted octanol–water partition coefficient (Wildman–Crippen LogP) is 3.42. The summed E-state index contributed by atoms with van der Waals surface area (Å²) >= 11 is 3.08. The van der Waals surface area contributed by atoms with Gasteiger partial charge in [-0.25, -0.2) is 0 Å². The second kappa shape index (κ2) is 7.39. The van der Waals surface area contributed by atoms with Crippen LogP contribution in [0.15, 0.2) is 39.0 Å². The van der Waals surface area contributed by atoms with Gasteiger partial charge in [-0.2, -0.15) is 0 Å². The molecule has 24 heavy (non-hydrogen) atoms. The van der Waals surface area contributed by atoms with E-state index in [1.165, 1.54) is 17.8 Å². The number of anilines is 1. The molecular weight excluding hydrogens is 364 g/mol. The molecule has 2 aliphatic carbocycles. The van der Waals surface area contributed by atoms with Gasteiger partial charge < -0.3 is 11.1 Å². The molecule has 8 heteroatoms. The Labute approximate surface area is 155 Å². The minimum atomic E-state index is -0.0239. The molecule has 3 N–H and O–H groups in total. The number of nitrogens with two attached hydrogens (primary N) is 1. The second-order valence-electron chi connectivity index (χ2n) is 6.26. The lowest BCUT2D eigenvalue weighted by atomic mass is 9.84. The molecular formula is C16H19ClN4OS2. The largest absolute Gasteiger partial charge is 0.327 e. The summed E-state index contributed by atoms with van der Waals surface area (Å²) in [5.41, 5.74) is 8.79. The molecule has 4 rings (SSSR count). The van der Waals surface area contributed by atoms with Crippen LogP contribution in [0.5, 0.6) is 0 Å². The van der Waals surface area contributed by atoms with Crippen molar-refractivity contribution in [3.63, 3.8) is 0 Å². The molecule has 128 valence electrons. The van der Waals surface area contributed by atoms with Crippen molar-refractivity contribution in [3.05, 3.63) is 29.8 Å². The summed E-state index contributed by atoms with van der Waals surface area (Å²) < 4.78 is 0.912. The van der Waals surface area contributed by atoms with Gasteiger partial charge in [0.2, 0.25) is 5.91 Å². The Bertz CT molecular complexity index is 693. The van der Waals surface area contributed by atoms with E-state index in [9.17, 15) is 4.79 Å². The predicted molar refractivity (Wildman–Crippen MR) is 98.6 cm³/mol. The number of amides is 1. The van der Waals surface area contributed by atoms with Gasteiger partial charge in [0.05, 0.1) is 5.92 Å². The van der Waals surface area contributed by atoms with Gasteiger partial charge in [-0.3, -0.25) is 4.79 Å². The maximum atomic E-state index is 12.5. The number of halogens is 1. The molecule has 4 atom stereocenters. The van der Waals surface area contributed by atoms with Crippen LogP contribution in [-0.2, 0) is 4.79 Å². The van der Waals surface area contributed by atoms with E-state index in [1.54, 1.807) is 17.3 Å². The van der Waals surface area contributed by atoms with Gasteiger partial charge in [0.1, 0.15) is 5.51 Å². The molecule has 0 spiro atoms. The molecule has 2 aliphatic rings. The molecule has 1 aromatic carbocycles. The van der Waals surface area contributed by atoms with Crippen molar-refractivity contribution >= 4 is 47.1 Å². The minimum Gasteiger partial charge on any atom is -0.327 e. The first-order valence-corrected chi connectivity index (χ1v) is 9.51. The van der Waals surface area contributed by atoms with E-state index in [4.69, 9.17) is 5.73 Å². The third-order valence-electron chi connectivity index (χ3n) is 4.95. The quantitative estimate of drug-likeness (QED) is 0.846. The Balaban J connectivity index is 0.00000169. The topological polar surface area (TPSA) is 80.9 Å². The molecule has 2 bridgehead atoms. The van der Waals surface area contributed by atoms with Crippen LogP contribution in [-0.4, -0.2) is 22.1 Å². The summed E-state index contributed by atoms with van der Waals surface area (Å²) in [6, 6.07) is 7.87. The molecule has 2 aromatic rings. The standard InChI is InChI=1S/C16H18N4OS2.ClH/c17-14-10-2-1-9(7-10)13(14)15(21)19-11-3-5-12(6-4-11)23-16-20-18-8-22-16;/h3-6,8-10,13-14H,1-2,7,17H2,(H,19,21);1H. The van der Waals surface area contributed by atoms with Crippen molar-refractivity contribution in [1.82, 2.24) is 10.2 Å².